The molecule has 0 saturated heterocycles. The quantitative estimate of drug-likeness (QED) is 0.216. The predicted octanol–water partition coefficient (Wildman–Crippen LogP) is 11.9. The minimum Gasteiger partial charge on any atom is -0.355 e. The minimum absolute atomic E-state index is 0.0580. The Hall–Kier alpha value is -4.29. The number of para-hydroxylation sites is 1. The zero-order valence-corrected chi connectivity index (χ0v) is 24.7. The summed E-state index contributed by atoms with van der Waals surface area (Å²) in [6.45, 7) is 0. The summed E-state index contributed by atoms with van der Waals surface area (Å²) in [4.78, 5) is 1.35. The van der Waals surface area contributed by atoms with Crippen LogP contribution in [0.3, 0.4) is 0 Å². The molecule has 198 valence electrons. The maximum atomic E-state index is 3.93. The van der Waals surface area contributed by atoms with Gasteiger partial charge in [-0.2, -0.15) is 0 Å². The molecule has 10 rings (SSSR count). The lowest BCUT2D eigenvalue weighted by atomic mass is 10.0. The van der Waals surface area contributed by atoms with Crippen LogP contribution in [-0.2, 0) is 0 Å². The average molecular weight is 591 g/mol. The fourth-order valence-electron chi connectivity index (χ4n) is 6.80. The summed E-state index contributed by atoms with van der Waals surface area (Å²) >= 11 is 5.75. The fourth-order valence-corrected chi connectivity index (χ4v) is 10.6. The van der Waals surface area contributed by atoms with Gasteiger partial charge in [0.2, 0.25) is 0 Å². The minimum atomic E-state index is 0.0580. The van der Waals surface area contributed by atoms with Gasteiger partial charge in [-0.3, -0.25) is 0 Å². The van der Waals surface area contributed by atoms with Crippen molar-refractivity contribution >= 4 is 102 Å². The lowest BCUT2D eigenvalue weighted by Gasteiger charge is -2.16. The van der Waals surface area contributed by atoms with E-state index in [4.69, 9.17) is 0 Å². The molecule has 0 spiro atoms. The molecular formula is C37H22N2S3. The van der Waals surface area contributed by atoms with Gasteiger partial charge in [-0.15, -0.1) is 22.7 Å². The van der Waals surface area contributed by atoms with E-state index in [-0.39, 0.29) is 5.50 Å². The summed E-state index contributed by atoms with van der Waals surface area (Å²) in [5.74, 6) is 0. The highest BCUT2D eigenvalue weighted by molar-refractivity contribution is 8.00. The lowest BCUT2D eigenvalue weighted by molar-refractivity contribution is 0.827. The van der Waals surface area contributed by atoms with Gasteiger partial charge in [0, 0.05) is 56.0 Å². The molecule has 0 radical (unpaired) electrons. The summed E-state index contributed by atoms with van der Waals surface area (Å²) in [6.07, 6.45) is 0. The zero-order chi connectivity index (χ0) is 27.4. The highest BCUT2D eigenvalue weighted by Crippen LogP contribution is 2.54. The number of nitrogens with one attached hydrogen (secondary N) is 1. The molecular weight excluding hydrogens is 569 g/mol. The number of thioether (sulfide) groups is 1. The van der Waals surface area contributed by atoms with Gasteiger partial charge in [0.1, 0.15) is 0 Å². The molecule has 4 heterocycles. The summed E-state index contributed by atoms with van der Waals surface area (Å²) in [7, 11) is 0. The Morgan fingerprint density at radius 2 is 1.36 bits per heavy atom. The van der Waals surface area contributed by atoms with Gasteiger partial charge in [-0.1, -0.05) is 96.7 Å². The Labute approximate surface area is 253 Å². The molecule has 42 heavy (non-hydrogen) atoms. The standard InChI is InChI=1S/C37H22N2S3/c1-2-9-21(10-3-1)22-13-8-14-25-34-32(41-35(22)25)18-17-28-36(34)42-37(38-28)39-29-15-6-4-11-23(29)26-20-33-27(19-30(26)39)24-12-5-7-16-31(24)40-33/h1-20,37-38H. The molecule has 2 nitrogen and oxygen atoms in total. The Kier molecular flexibility index (Phi) is 4.78. The second-order valence-electron chi connectivity index (χ2n) is 10.9. The number of hydrogen-bond donors (Lipinski definition) is 1. The van der Waals surface area contributed by atoms with Crippen molar-refractivity contribution in [2.45, 2.75) is 10.4 Å². The topological polar surface area (TPSA) is 17.0 Å². The van der Waals surface area contributed by atoms with Crippen LogP contribution in [0.1, 0.15) is 5.50 Å². The maximum Gasteiger partial charge on any atom is 0.157 e. The van der Waals surface area contributed by atoms with Crippen LogP contribution in [0.5, 0.6) is 0 Å². The van der Waals surface area contributed by atoms with Gasteiger partial charge in [-0.25, -0.2) is 0 Å². The molecule has 5 heteroatoms. The van der Waals surface area contributed by atoms with Gasteiger partial charge in [-0.05, 0) is 47.5 Å². The van der Waals surface area contributed by atoms with E-state index < -0.39 is 0 Å². The van der Waals surface area contributed by atoms with Crippen LogP contribution in [-0.4, -0.2) is 4.57 Å². The first-order chi connectivity index (χ1) is 20.8. The number of rotatable bonds is 2. The Morgan fingerprint density at radius 1 is 0.548 bits per heavy atom. The van der Waals surface area contributed by atoms with Crippen molar-refractivity contribution in [2.75, 3.05) is 5.32 Å². The Balaban J connectivity index is 1.19. The second-order valence-corrected chi connectivity index (χ2v) is 14.2. The zero-order valence-electron chi connectivity index (χ0n) is 22.3. The number of benzene rings is 6. The van der Waals surface area contributed by atoms with Crippen molar-refractivity contribution in [3.8, 4) is 11.1 Å². The van der Waals surface area contributed by atoms with Crippen LogP contribution in [0.2, 0.25) is 0 Å². The molecule has 0 aliphatic carbocycles. The molecule has 3 aromatic heterocycles. The normalized spacial score (nSPS) is 15.0. The van der Waals surface area contributed by atoms with E-state index in [1.165, 1.54) is 83.9 Å². The first-order valence-corrected chi connectivity index (χ1v) is 16.6. The van der Waals surface area contributed by atoms with Crippen molar-refractivity contribution < 1.29 is 0 Å². The first kappa shape index (κ1) is 23.3. The van der Waals surface area contributed by atoms with Crippen LogP contribution in [0.4, 0.5) is 5.69 Å². The SMILES string of the molecule is c1ccc(-c2cccc3c2sc2ccc4c(c23)SC(n2c3ccccc3c3cc5sc6ccccc6c5cc32)N4)cc1. The van der Waals surface area contributed by atoms with E-state index in [0.717, 1.165) is 0 Å². The number of fused-ring (bicyclic) bond motifs is 11. The molecule has 0 bridgehead atoms. The summed E-state index contributed by atoms with van der Waals surface area (Å²) in [5.41, 5.74) is 6.41. The highest BCUT2D eigenvalue weighted by atomic mass is 32.2. The second kappa shape index (κ2) is 8.62. The third-order valence-corrected chi connectivity index (χ3v) is 12.2. The molecule has 6 aromatic carbocycles. The van der Waals surface area contributed by atoms with Gasteiger partial charge < -0.3 is 9.88 Å². The van der Waals surface area contributed by atoms with E-state index in [9.17, 15) is 0 Å². The Bertz CT molecular complexity index is 2530. The molecule has 0 saturated carbocycles. The molecule has 1 aliphatic rings. The third kappa shape index (κ3) is 3.16. The lowest BCUT2D eigenvalue weighted by Crippen LogP contribution is -2.10. The molecule has 1 N–H and O–H groups in total. The van der Waals surface area contributed by atoms with Gasteiger partial charge in [0.25, 0.3) is 0 Å². The maximum absolute atomic E-state index is 3.93. The molecule has 1 aliphatic heterocycles. The molecule has 9 aromatic rings. The van der Waals surface area contributed by atoms with E-state index in [2.05, 4.69) is 131 Å². The van der Waals surface area contributed by atoms with Crippen molar-refractivity contribution in [3.63, 3.8) is 0 Å². The van der Waals surface area contributed by atoms with Crippen molar-refractivity contribution in [1.29, 1.82) is 0 Å². The van der Waals surface area contributed by atoms with Crippen LogP contribution < -0.4 is 5.32 Å². The number of nitrogens with zero attached hydrogens (tertiary/aromatic N) is 1. The average Bonchev–Trinajstić information content (AvgIpc) is 3.79. The summed E-state index contributed by atoms with van der Waals surface area (Å²) < 4.78 is 7.92. The summed E-state index contributed by atoms with van der Waals surface area (Å²) in [5, 5.41) is 12.0. The van der Waals surface area contributed by atoms with E-state index in [0.29, 0.717) is 0 Å². The predicted molar refractivity (Wildman–Crippen MR) is 186 cm³/mol. The molecule has 1 atom stereocenters. The van der Waals surface area contributed by atoms with Gasteiger partial charge >= 0.3 is 0 Å². The number of anilines is 1. The van der Waals surface area contributed by atoms with E-state index in [1.807, 2.05) is 34.4 Å². The van der Waals surface area contributed by atoms with Crippen LogP contribution >= 0.6 is 34.4 Å². The fraction of sp³-hybridized carbons (Fsp3) is 0.0270. The smallest absolute Gasteiger partial charge is 0.157 e. The highest BCUT2D eigenvalue weighted by Gasteiger charge is 2.29. The van der Waals surface area contributed by atoms with Crippen molar-refractivity contribution in [3.05, 3.63) is 121 Å². The van der Waals surface area contributed by atoms with Crippen LogP contribution in [0, 0.1) is 0 Å². The molecule has 0 fully saturated rings. The number of hydrogen-bond acceptors (Lipinski definition) is 4. The van der Waals surface area contributed by atoms with E-state index in [1.54, 1.807) is 0 Å². The van der Waals surface area contributed by atoms with Crippen molar-refractivity contribution in [1.82, 2.24) is 4.57 Å². The number of thiophene rings is 2. The van der Waals surface area contributed by atoms with Crippen molar-refractivity contribution in [2.24, 2.45) is 0 Å². The third-order valence-electron chi connectivity index (χ3n) is 8.65. The largest absolute Gasteiger partial charge is 0.355 e. The van der Waals surface area contributed by atoms with E-state index >= 15 is 0 Å². The number of aromatic nitrogens is 1. The molecule has 0 amide bonds. The monoisotopic (exact) mass is 590 g/mol. The summed E-state index contributed by atoms with van der Waals surface area (Å²) in [6, 6.07) is 44.6. The molecule has 1 unspecified atom stereocenters. The van der Waals surface area contributed by atoms with Crippen LogP contribution in [0.25, 0.3) is 73.3 Å². The van der Waals surface area contributed by atoms with Gasteiger partial charge in [0.05, 0.1) is 16.7 Å². The Morgan fingerprint density at radius 3 is 2.29 bits per heavy atom. The van der Waals surface area contributed by atoms with Gasteiger partial charge in [0.15, 0.2) is 5.50 Å². The van der Waals surface area contributed by atoms with Crippen LogP contribution in [0.15, 0.2) is 126 Å². The first-order valence-electron chi connectivity index (χ1n) is 14.1.